The second-order valence-corrected chi connectivity index (χ2v) is 7.18. The maximum atomic E-state index is 12.2. The van der Waals surface area contributed by atoms with Crippen molar-refractivity contribution in [3.63, 3.8) is 0 Å². The molecule has 1 N–H and O–H groups in total. The molecule has 1 aromatic heterocycles. The highest BCUT2D eigenvalue weighted by Gasteiger charge is 2.12. The predicted molar refractivity (Wildman–Crippen MR) is 109 cm³/mol. The normalized spacial score (nSPS) is 11.5. The van der Waals surface area contributed by atoms with E-state index in [0.29, 0.717) is 30.8 Å². The number of nitrogens with one attached hydrogen (secondary N) is 1. The molecule has 0 aliphatic rings. The van der Waals surface area contributed by atoms with Crippen LogP contribution < -0.4 is 5.32 Å². The maximum absolute atomic E-state index is 12.2. The number of hydrogen-bond acceptors (Lipinski definition) is 3. The molecule has 0 spiro atoms. The van der Waals surface area contributed by atoms with Gasteiger partial charge in [0.2, 0.25) is 5.91 Å². The van der Waals surface area contributed by atoms with E-state index in [4.69, 9.17) is 16.3 Å². The monoisotopic (exact) mass is 389 g/mol. The lowest BCUT2D eigenvalue weighted by Gasteiger charge is -2.09. The van der Waals surface area contributed by atoms with Crippen LogP contribution in [0.15, 0.2) is 30.3 Å². The summed E-state index contributed by atoms with van der Waals surface area (Å²) in [7, 11) is 0. The van der Waals surface area contributed by atoms with Crippen LogP contribution in [0.4, 0.5) is 0 Å². The molecule has 0 aliphatic carbocycles. The van der Waals surface area contributed by atoms with Crippen LogP contribution in [0.3, 0.4) is 0 Å². The Bertz CT molecular complexity index is 797. The van der Waals surface area contributed by atoms with E-state index in [2.05, 4.69) is 24.3 Å². The van der Waals surface area contributed by atoms with E-state index < -0.39 is 0 Å². The highest BCUT2D eigenvalue weighted by molar-refractivity contribution is 6.31. The summed E-state index contributed by atoms with van der Waals surface area (Å²) in [6.45, 7) is 10.5. The summed E-state index contributed by atoms with van der Waals surface area (Å²) in [6.07, 6.45) is 3.23. The quantitative estimate of drug-likeness (QED) is 0.648. The third kappa shape index (κ3) is 6.22. The van der Waals surface area contributed by atoms with Crippen molar-refractivity contribution in [2.24, 2.45) is 5.92 Å². The number of carbonyl (C=O) groups is 1. The molecule has 0 unspecified atom stereocenters. The van der Waals surface area contributed by atoms with Gasteiger partial charge in [0.25, 0.3) is 0 Å². The molecule has 0 fully saturated rings. The van der Waals surface area contributed by atoms with Gasteiger partial charge in [0.15, 0.2) is 0 Å². The summed E-state index contributed by atoms with van der Waals surface area (Å²) in [6, 6.07) is 7.94. The Morgan fingerprint density at radius 1 is 1.33 bits per heavy atom. The van der Waals surface area contributed by atoms with Gasteiger partial charge in [0.1, 0.15) is 5.15 Å². The Morgan fingerprint density at radius 3 is 2.70 bits per heavy atom. The zero-order valence-corrected chi connectivity index (χ0v) is 17.2. The number of carbonyl (C=O) groups excluding carboxylic acids is 1. The minimum absolute atomic E-state index is 0.173. The van der Waals surface area contributed by atoms with Gasteiger partial charge in [-0.25, -0.2) is 0 Å². The van der Waals surface area contributed by atoms with Gasteiger partial charge in [-0.2, -0.15) is 5.10 Å². The van der Waals surface area contributed by atoms with Gasteiger partial charge in [-0.3, -0.25) is 9.48 Å². The summed E-state index contributed by atoms with van der Waals surface area (Å²) < 4.78 is 7.26. The fourth-order valence-corrected chi connectivity index (χ4v) is 3.01. The molecule has 0 saturated heterocycles. The summed E-state index contributed by atoms with van der Waals surface area (Å²) in [5, 5.41) is 7.92. The second kappa shape index (κ2) is 10.3. The van der Waals surface area contributed by atoms with Crippen molar-refractivity contribution in [1.29, 1.82) is 0 Å². The molecule has 2 aromatic rings. The first kappa shape index (κ1) is 21.2. The fourth-order valence-electron chi connectivity index (χ4n) is 2.71. The number of nitrogens with zero attached hydrogens (tertiary/aromatic N) is 2. The van der Waals surface area contributed by atoms with Crippen molar-refractivity contribution in [2.45, 2.75) is 47.4 Å². The average Bonchev–Trinajstić information content (AvgIpc) is 2.89. The summed E-state index contributed by atoms with van der Waals surface area (Å²) in [5.41, 5.74) is 3.72. The zero-order valence-electron chi connectivity index (χ0n) is 16.5. The molecular weight excluding hydrogens is 362 g/mol. The SMILES string of the molecule is CCOCc1ccccc1CNC(=O)/C=C/c1c(C)nn(CC(C)C)c1Cl. The number of ether oxygens (including phenoxy) is 1. The van der Waals surface area contributed by atoms with Crippen molar-refractivity contribution < 1.29 is 9.53 Å². The molecule has 1 heterocycles. The van der Waals surface area contributed by atoms with Crippen LogP contribution in [-0.2, 0) is 29.2 Å². The zero-order chi connectivity index (χ0) is 19.8. The molecule has 0 aliphatic heterocycles. The number of aromatic nitrogens is 2. The Balaban J connectivity index is 2.00. The molecular formula is C21H28ClN3O2. The Hall–Kier alpha value is -2.11. The minimum Gasteiger partial charge on any atom is -0.377 e. The van der Waals surface area contributed by atoms with Gasteiger partial charge in [-0.1, -0.05) is 49.7 Å². The number of aryl methyl sites for hydroxylation is 1. The van der Waals surface area contributed by atoms with Gasteiger partial charge < -0.3 is 10.1 Å². The van der Waals surface area contributed by atoms with Crippen molar-refractivity contribution in [2.75, 3.05) is 6.61 Å². The van der Waals surface area contributed by atoms with Crippen molar-refractivity contribution in [3.05, 3.63) is 57.9 Å². The summed E-state index contributed by atoms with van der Waals surface area (Å²) in [4.78, 5) is 12.2. The highest BCUT2D eigenvalue weighted by Crippen LogP contribution is 2.22. The van der Waals surface area contributed by atoms with Crippen LogP contribution in [0.2, 0.25) is 5.15 Å². The molecule has 1 amide bonds. The van der Waals surface area contributed by atoms with E-state index in [9.17, 15) is 4.79 Å². The molecule has 1 aromatic carbocycles. The van der Waals surface area contributed by atoms with Crippen LogP contribution >= 0.6 is 11.6 Å². The van der Waals surface area contributed by atoms with Gasteiger partial charge in [-0.05, 0) is 37.0 Å². The predicted octanol–water partition coefficient (Wildman–Crippen LogP) is 4.37. The Morgan fingerprint density at radius 2 is 2.04 bits per heavy atom. The molecule has 5 nitrogen and oxygen atoms in total. The van der Waals surface area contributed by atoms with E-state index in [1.54, 1.807) is 10.8 Å². The van der Waals surface area contributed by atoms with E-state index in [-0.39, 0.29) is 5.91 Å². The molecule has 2 rings (SSSR count). The molecule has 0 radical (unpaired) electrons. The highest BCUT2D eigenvalue weighted by atomic mass is 35.5. The molecule has 0 saturated carbocycles. The third-order valence-corrected chi connectivity index (χ3v) is 4.48. The van der Waals surface area contributed by atoms with E-state index in [1.807, 2.05) is 38.1 Å². The van der Waals surface area contributed by atoms with Gasteiger partial charge in [0.05, 0.1) is 12.3 Å². The number of halogens is 1. The van der Waals surface area contributed by atoms with Crippen LogP contribution in [-0.4, -0.2) is 22.3 Å². The topological polar surface area (TPSA) is 56.1 Å². The standard InChI is InChI=1S/C21H28ClN3O2/c1-5-27-14-18-9-7-6-8-17(18)12-23-20(26)11-10-19-16(4)24-25(21(19)22)13-15(2)3/h6-11,15H,5,12-14H2,1-4H3,(H,23,26)/b11-10+. The van der Waals surface area contributed by atoms with E-state index in [0.717, 1.165) is 28.9 Å². The maximum Gasteiger partial charge on any atom is 0.244 e. The molecule has 0 bridgehead atoms. The van der Waals surface area contributed by atoms with Crippen molar-refractivity contribution in [1.82, 2.24) is 15.1 Å². The number of rotatable bonds is 9. The van der Waals surface area contributed by atoms with E-state index in [1.165, 1.54) is 6.08 Å². The number of benzene rings is 1. The summed E-state index contributed by atoms with van der Waals surface area (Å²) >= 11 is 6.40. The van der Waals surface area contributed by atoms with Crippen LogP contribution in [0.1, 0.15) is 43.2 Å². The lowest BCUT2D eigenvalue weighted by Crippen LogP contribution is -2.21. The smallest absolute Gasteiger partial charge is 0.244 e. The minimum atomic E-state index is -0.173. The Kier molecular flexibility index (Phi) is 8.07. The lowest BCUT2D eigenvalue weighted by atomic mass is 10.1. The van der Waals surface area contributed by atoms with Crippen LogP contribution in [0.5, 0.6) is 0 Å². The molecule has 6 heteroatoms. The van der Waals surface area contributed by atoms with Crippen molar-refractivity contribution in [3.8, 4) is 0 Å². The number of hydrogen-bond donors (Lipinski definition) is 1. The first-order chi connectivity index (χ1) is 12.9. The van der Waals surface area contributed by atoms with Gasteiger partial charge in [0, 0.05) is 31.3 Å². The van der Waals surface area contributed by atoms with Gasteiger partial charge >= 0.3 is 0 Å². The number of amides is 1. The van der Waals surface area contributed by atoms with E-state index >= 15 is 0 Å². The Labute approximate surface area is 166 Å². The third-order valence-electron chi connectivity index (χ3n) is 4.08. The second-order valence-electron chi connectivity index (χ2n) is 6.82. The first-order valence-electron chi connectivity index (χ1n) is 9.25. The molecule has 0 atom stereocenters. The fraction of sp³-hybridized carbons (Fsp3) is 0.429. The van der Waals surface area contributed by atoms with Crippen molar-refractivity contribution >= 4 is 23.6 Å². The van der Waals surface area contributed by atoms with Crippen LogP contribution in [0, 0.1) is 12.8 Å². The largest absolute Gasteiger partial charge is 0.377 e. The molecule has 27 heavy (non-hydrogen) atoms. The summed E-state index contributed by atoms with van der Waals surface area (Å²) in [5.74, 6) is 0.270. The van der Waals surface area contributed by atoms with Gasteiger partial charge in [-0.15, -0.1) is 0 Å². The lowest BCUT2D eigenvalue weighted by molar-refractivity contribution is -0.116. The van der Waals surface area contributed by atoms with Crippen LogP contribution in [0.25, 0.3) is 6.08 Å². The average molecular weight is 390 g/mol. The first-order valence-corrected chi connectivity index (χ1v) is 9.63. The molecule has 146 valence electrons.